The van der Waals surface area contributed by atoms with Crippen molar-refractivity contribution in [1.82, 2.24) is 20.6 Å². The fourth-order valence-electron chi connectivity index (χ4n) is 2.77. The van der Waals surface area contributed by atoms with E-state index < -0.39 is 0 Å². The summed E-state index contributed by atoms with van der Waals surface area (Å²) in [5.74, 6) is 0.361. The smallest absolute Gasteiger partial charge is 0.249 e. The molecule has 0 bridgehead atoms. The van der Waals surface area contributed by atoms with Crippen LogP contribution in [0.3, 0.4) is 0 Å². The summed E-state index contributed by atoms with van der Waals surface area (Å²) in [5.41, 5.74) is 3.51. The second-order valence-electron chi connectivity index (χ2n) is 5.36. The number of aromatic amines is 1. The lowest BCUT2D eigenvalue weighted by molar-refractivity contribution is -0.117. The van der Waals surface area contributed by atoms with Crippen molar-refractivity contribution in [3.63, 3.8) is 0 Å². The van der Waals surface area contributed by atoms with Crippen molar-refractivity contribution >= 4 is 17.3 Å². The molecule has 0 spiro atoms. The van der Waals surface area contributed by atoms with Crippen LogP contribution in [0.1, 0.15) is 17.0 Å². The predicted molar refractivity (Wildman–Crippen MR) is 88.8 cm³/mol. The molecule has 1 N–H and O–H groups in total. The van der Waals surface area contributed by atoms with Crippen LogP contribution in [0.2, 0.25) is 0 Å². The molecule has 118 valence electrons. The zero-order chi connectivity index (χ0) is 16.4. The molecule has 0 saturated heterocycles. The van der Waals surface area contributed by atoms with Crippen molar-refractivity contribution in [3.8, 4) is 0 Å². The average Bonchev–Trinajstić information content (AvgIpc) is 3.10. The third-order valence-corrected chi connectivity index (χ3v) is 3.86. The van der Waals surface area contributed by atoms with Crippen LogP contribution < -0.4 is 4.90 Å². The van der Waals surface area contributed by atoms with Crippen LogP contribution in [0.15, 0.2) is 59.6 Å². The monoisotopic (exact) mass is 318 g/mol. The highest BCUT2D eigenvalue weighted by molar-refractivity contribution is 6.19. The number of para-hydroxylation sites is 1. The molecular formula is C17H14N6O. The predicted octanol–water partition coefficient (Wildman–Crippen LogP) is 1.58. The number of carbonyl (C=O) groups is 1. The minimum Gasteiger partial charge on any atom is -0.302 e. The lowest BCUT2D eigenvalue weighted by Crippen LogP contribution is -2.32. The fourth-order valence-corrected chi connectivity index (χ4v) is 2.77. The van der Waals surface area contributed by atoms with Gasteiger partial charge in [0, 0.05) is 11.1 Å². The molecule has 2 aromatic carbocycles. The maximum Gasteiger partial charge on any atom is 0.249 e. The molecule has 2 heterocycles. The standard InChI is InChI=1S/C17H14N6O/c24-16-10-18-17(12-6-2-1-3-7-12)13-8-4-5-9-14(13)23(16)11-15-19-21-22-20-15/h1-9H,10-11H2,(H,19,20,21,22). The molecule has 0 saturated carbocycles. The largest absolute Gasteiger partial charge is 0.302 e. The van der Waals surface area contributed by atoms with Gasteiger partial charge in [-0.2, -0.15) is 5.21 Å². The Bertz CT molecular complexity index is 888. The molecule has 0 radical (unpaired) electrons. The Balaban J connectivity index is 1.81. The summed E-state index contributed by atoms with van der Waals surface area (Å²) in [7, 11) is 0. The first-order chi connectivity index (χ1) is 11.8. The number of amides is 1. The molecule has 7 heteroatoms. The van der Waals surface area contributed by atoms with Crippen LogP contribution in [0.4, 0.5) is 5.69 Å². The van der Waals surface area contributed by atoms with E-state index in [4.69, 9.17) is 0 Å². The number of hydrogen-bond acceptors (Lipinski definition) is 5. The Morgan fingerprint density at radius 2 is 1.83 bits per heavy atom. The number of benzodiazepines with no additional fused rings is 1. The Kier molecular flexibility index (Phi) is 3.59. The highest BCUT2D eigenvalue weighted by Gasteiger charge is 2.25. The Labute approximate surface area is 138 Å². The van der Waals surface area contributed by atoms with Crippen molar-refractivity contribution in [2.24, 2.45) is 4.99 Å². The zero-order valence-corrected chi connectivity index (χ0v) is 12.8. The van der Waals surface area contributed by atoms with Gasteiger partial charge in [0.25, 0.3) is 0 Å². The van der Waals surface area contributed by atoms with Crippen molar-refractivity contribution in [1.29, 1.82) is 0 Å². The van der Waals surface area contributed by atoms with Crippen LogP contribution in [0.25, 0.3) is 0 Å². The van der Waals surface area contributed by atoms with E-state index in [1.54, 1.807) is 4.90 Å². The van der Waals surface area contributed by atoms with Gasteiger partial charge in [-0.05, 0) is 6.07 Å². The number of carbonyl (C=O) groups excluding carboxylic acids is 1. The number of aromatic nitrogens is 4. The quantitative estimate of drug-likeness (QED) is 0.794. The zero-order valence-electron chi connectivity index (χ0n) is 12.8. The molecule has 0 fully saturated rings. The van der Waals surface area contributed by atoms with Crippen LogP contribution in [-0.2, 0) is 11.3 Å². The van der Waals surface area contributed by atoms with E-state index in [-0.39, 0.29) is 19.0 Å². The average molecular weight is 318 g/mol. The minimum absolute atomic E-state index is 0.0801. The third-order valence-electron chi connectivity index (χ3n) is 3.86. The number of aliphatic imine (C=N–C) groups is 1. The molecule has 1 aromatic heterocycles. The van der Waals surface area contributed by atoms with Gasteiger partial charge in [-0.1, -0.05) is 53.7 Å². The van der Waals surface area contributed by atoms with Crippen molar-refractivity contribution in [3.05, 3.63) is 71.5 Å². The summed E-state index contributed by atoms with van der Waals surface area (Å²) >= 11 is 0. The molecular weight excluding hydrogens is 304 g/mol. The van der Waals surface area contributed by atoms with Gasteiger partial charge in [-0.15, -0.1) is 10.2 Å². The van der Waals surface area contributed by atoms with Gasteiger partial charge < -0.3 is 4.90 Å². The summed E-state index contributed by atoms with van der Waals surface area (Å²) in [6.07, 6.45) is 0. The number of fused-ring (bicyclic) bond motifs is 1. The van der Waals surface area contributed by atoms with Gasteiger partial charge in [-0.25, -0.2) is 0 Å². The normalized spacial score (nSPS) is 14.1. The fraction of sp³-hybridized carbons (Fsp3) is 0.118. The van der Waals surface area contributed by atoms with Gasteiger partial charge in [0.1, 0.15) is 6.54 Å². The number of tetrazole rings is 1. The van der Waals surface area contributed by atoms with Crippen molar-refractivity contribution in [2.75, 3.05) is 11.4 Å². The van der Waals surface area contributed by atoms with E-state index in [2.05, 4.69) is 25.6 Å². The molecule has 0 unspecified atom stereocenters. The van der Waals surface area contributed by atoms with Crippen molar-refractivity contribution < 1.29 is 4.79 Å². The number of nitrogens with zero attached hydrogens (tertiary/aromatic N) is 5. The molecule has 3 aromatic rings. The minimum atomic E-state index is -0.0989. The maximum absolute atomic E-state index is 12.6. The second kappa shape index (κ2) is 6.04. The van der Waals surface area contributed by atoms with Gasteiger partial charge in [0.2, 0.25) is 5.91 Å². The Morgan fingerprint density at radius 3 is 2.62 bits per heavy atom. The van der Waals surface area contributed by atoms with E-state index in [0.717, 1.165) is 22.5 Å². The molecule has 1 aliphatic rings. The Hall–Kier alpha value is -3.35. The van der Waals surface area contributed by atoms with Crippen LogP contribution in [-0.4, -0.2) is 38.8 Å². The summed E-state index contributed by atoms with van der Waals surface area (Å²) in [5, 5.41) is 13.9. The number of benzene rings is 2. The van der Waals surface area contributed by atoms with E-state index in [0.29, 0.717) is 5.82 Å². The van der Waals surface area contributed by atoms with Crippen LogP contribution >= 0.6 is 0 Å². The summed E-state index contributed by atoms with van der Waals surface area (Å²) in [4.78, 5) is 18.8. The van der Waals surface area contributed by atoms with Crippen LogP contribution in [0.5, 0.6) is 0 Å². The third kappa shape index (κ3) is 2.56. The van der Waals surface area contributed by atoms with E-state index in [1.807, 2.05) is 54.6 Å². The maximum atomic E-state index is 12.6. The summed E-state index contributed by atoms with van der Waals surface area (Å²) < 4.78 is 0. The second-order valence-corrected chi connectivity index (χ2v) is 5.36. The first kappa shape index (κ1) is 14.3. The number of nitrogens with one attached hydrogen (secondary N) is 1. The molecule has 0 aliphatic carbocycles. The van der Waals surface area contributed by atoms with Gasteiger partial charge in [0.05, 0.1) is 17.9 Å². The van der Waals surface area contributed by atoms with E-state index in [9.17, 15) is 4.79 Å². The molecule has 1 aliphatic heterocycles. The molecule has 0 atom stereocenters. The van der Waals surface area contributed by atoms with E-state index >= 15 is 0 Å². The molecule has 7 nitrogen and oxygen atoms in total. The lowest BCUT2D eigenvalue weighted by Gasteiger charge is -2.21. The van der Waals surface area contributed by atoms with Gasteiger partial charge in [-0.3, -0.25) is 9.79 Å². The molecule has 1 amide bonds. The SMILES string of the molecule is O=C1CN=C(c2ccccc2)c2ccccc2N1Cc1nn[nH]n1. The highest BCUT2D eigenvalue weighted by atomic mass is 16.2. The molecule has 4 rings (SSSR count). The number of H-pyrrole nitrogens is 1. The first-order valence-corrected chi connectivity index (χ1v) is 7.55. The number of anilines is 1. The lowest BCUT2D eigenvalue weighted by atomic mass is 10.0. The van der Waals surface area contributed by atoms with Crippen molar-refractivity contribution in [2.45, 2.75) is 6.54 Å². The topological polar surface area (TPSA) is 87.1 Å². The summed E-state index contributed by atoms with van der Waals surface area (Å²) in [6, 6.07) is 17.6. The van der Waals surface area contributed by atoms with Crippen LogP contribution in [0, 0.1) is 0 Å². The first-order valence-electron chi connectivity index (χ1n) is 7.55. The number of rotatable bonds is 3. The van der Waals surface area contributed by atoms with Gasteiger partial charge in [0.15, 0.2) is 5.82 Å². The van der Waals surface area contributed by atoms with Gasteiger partial charge >= 0.3 is 0 Å². The number of hydrogen-bond donors (Lipinski definition) is 1. The Morgan fingerprint density at radius 1 is 1.04 bits per heavy atom. The summed E-state index contributed by atoms with van der Waals surface area (Å²) in [6.45, 7) is 0.334. The molecule has 24 heavy (non-hydrogen) atoms. The highest BCUT2D eigenvalue weighted by Crippen LogP contribution is 2.27. The van der Waals surface area contributed by atoms with E-state index in [1.165, 1.54) is 0 Å².